The maximum atomic E-state index is 6.70. The van der Waals surface area contributed by atoms with Gasteiger partial charge in [0.05, 0.1) is 17.7 Å². The first-order chi connectivity index (χ1) is 6.13. The Labute approximate surface area is 77.7 Å². The second kappa shape index (κ2) is 5.70. The van der Waals surface area contributed by atoms with E-state index in [9.17, 15) is 0 Å². The highest BCUT2D eigenvalue weighted by atomic mass is 14.9. The Kier molecular flexibility index (Phi) is 4.87. The van der Waals surface area contributed by atoms with Crippen LogP contribution in [0.4, 0.5) is 0 Å². The van der Waals surface area contributed by atoms with Gasteiger partial charge in [-0.3, -0.25) is 5.41 Å². The first-order valence-corrected chi connectivity index (χ1v) is 3.68. The Morgan fingerprint density at radius 1 is 1.46 bits per heavy atom. The lowest BCUT2D eigenvalue weighted by Gasteiger charge is -2.07. The van der Waals surface area contributed by atoms with Crippen molar-refractivity contribution in [1.29, 1.82) is 5.41 Å². The van der Waals surface area contributed by atoms with Gasteiger partial charge in [-0.25, -0.2) is 0 Å². The Morgan fingerprint density at radius 2 is 2.08 bits per heavy atom. The van der Waals surface area contributed by atoms with Gasteiger partial charge in [-0.05, 0) is 13.1 Å². The fourth-order valence-electron chi connectivity index (χ4n) is 0.657. The Morgan fingerprint density at radius 3 is 2.54 bits per heavy atom. The van der Waals surface area contributed by atoms with Crippen LogP contribution in [0.25, 0.3) is 0 Å². The first kappa shape index (κ1) is 11.1. The van der Waals surface area contributed by atoms with Gasteiger partial charge < -0.3 is 22.1 Å². The lowest BCUT2D eigenvalue weighted by molar-refractivity contribution is 0.999. The van der Waals surface area contributed by atoms with Crippen molar-refractivity contribution < 1.29 is 0 Å². The van der Waals surface area contributed by atoms with Crippen LogP contribution in [0.5, 0.6) is 0 Å². The third kappa shape index (κ3) is 3.85. The maximum Gasteiger partial charge on any atom is 0.0831 e. The highest BCUT2D eigenvalue weighted by molar-refractivity contribution is 5.52. The molecule has 0 saturated heterocycles. The zero-order valence-corrected chi connectivity index (χ0v) is 7.59. The molecular formula is C8H15N5. The summed E-state index contributed by atoms with van der Waals surface area (Å²) in [6.45, 7) is 5.27. The van der Waals surface area contributed by atoms with E-state index in [0.717, 1.165) is 12.0 Å². The van der Waals surface area contributed by atoms with E-state index in [1.54, 1.807) is 6.92 Å². The van der Waals surface area contributed by atoms with E-state index in [1.807, 2.05) is 0 Å². The van der Waals surface area contributed by atoms with Crippen molar-refractivity contribution >= 4 is 6.34 Å². The molecule has 5 heteroatoms. The minimum Gasteiger partial charge on any atom is -0.396 e. The Balaban J connectivity index is 4.54. The van der Waals surface area contributed by atoms with Crippen LogP contribution in [0, 0.1) is 5.41 Å². The van der Waals surface area contributed by atoms with Gasteiger partial charge >= 0.3 is 0 Å². The summed E-state index contributed by atoms with van der Waals surface area (Å²) in [5.74, 6) is 0. The van der Waals surface area contributed by atoms with E-state index in [4.69, 9.17) is 16.9 Å². The predicted octanol–water partition coefficient (Wildman–Crippen LogP) is -0.0935. The summed E-state index contributed by atoms with van der Waals surface area (Å²) >= 11 is 0. The molecule has 0 spiro atoms. The molecule has 0 atom stereocenters. The van der Waals surface area contributed by atoms with Crippen LogP contribution in [-0.2, 0) is 0 Å². The lowest BCUT2D eigenvalue weighted by Crippen LogP contribution is -2.18. The van der Waals surface area contributed by atoms with Gasteiger partial charge in [-0.1, -0.05) is 6.58 Å². The van der Waals surface area contributed by atoms with E-state index in [-0.39, 0.29) is 0 Å². The summed E-state index contributed by atoms with van der Waals surface area (Å²) in [5.41, 5.74) is 12.7. The van der Waals surface area contributed by atoms with E-state index in [0.29, 0.717) is 11.4 Å². The normalized spacial score (nSPS) is 12.8. The van der Waals surface area contributed by atoms with Crippen molar-refractivity contribution in [2.24, 2.45) is 11.5 Å². The maximum absolute atomic E-state index is 6.70. The van der Waals surface area contributed by atoms with Crippen molar-refractivity contribution in [3.63, 3.8) is 0 Å². The second-order valence-electron chi connectivity index (χ2n) is 2.30. The van der Waals surface area contributed by atoms with Gasteiger partial charge in [0.25, 0.3) is 0 Å². The summed E-state index contributed by atoms with van der Waals surface area (Å²) in [7, 11) is 0. The largest absolute Gasteiger partial charge is 0.396 e. The molecule has 0 heterocycles. The molecule has 0 amide bonds. The predicted molar refractivity (Wildman–Crippen MR) is 54.4 cm³/mol. The van der Waals surface area contributed by atoms with Crippen LogP contribution in [-0.4, -0.2) is 6.34 Å². The molecule has 0 fully saturated rings. The van der Waals surface area contributed by atoms with Gasteiger partial charge in [-0.15, -0.1) is 0 Å². The minimum atomic E-state index is 0.371. The monoisotopic (exact) mass is 181 g/mol. The van der Waals surface area contributed by atoms with Crippen molar-refractivity contribution in [3.05, 3.63) is 36.1 Å². The lowest BCUT2D eigenvalue weighted by atomic mass is 10.3. The van der Waals surface area contributed by atoms with Crippen molar-refractivity contribution in [1.82, 2.24) is 10.6 Å². The standard InChI is InChI=1S/C8H15N5/c1-3-13-6(2)8(11)7(10)4-12-5-9/h3-5,13H,1,10-11H2,2H3,(H2,9,12)/b7-4?,8-6-. The average Bonchev–Trinajstić information content (AvgIpc) is 2.13. The van der Waals surface area contributed by atoms with Gasteiger partial charge in [0.1, 0.15) is 0 Å². The van der Waals surface area contributed by atoms with Crippen LogP contribution in [0.3, 0.4) is 0 Å². The van der Waals surface area contributed by atoms with Crippen molar-refractivity contribution in [2.45, 2.75) is 6.92 Å². The highest BCUT2D eigenvalue weighted by Gasteiger charge is 1.98. The van der Waals surface area contributed by atoms with Crippen molar-refractivity contribution in [3.8, 4) is 0 Å². The van der Waals surface area contributed by atoms with Crippen molar-refractivity contribution in [2.75, 3.05) is 0 Å². The molecule has 7 N–H and O–H groups in total. The average molecular weight is 181 g/mol. The molecule has 0 aliphatic rings. The van der Waals surface area contributed by atoms with E-state index >= 15 is 0 Å². The molecule has 5 nitrogen and oxygen atoms in total. The Hall–Kier alpha value is -1.91. The number of hydrogen-bond acceptors (Lipinski definition) is 4. The summed E-state index contributed by atoms with van der Waals surface area (Å²) in [4.78, 5) is 0. The number of nitrogens with two attached hydrogens (primary N) is 2. The SMILES string of the molecule is C=CN/C(C)=C(\N)C(N)=CNC=N. The number of nitrogens with one attached hydrogen (secondary N) is 3. The van der Waals surface area contributed by atoms with Gasteiger partial charge in [0.2, 0.25) is 0 Å². The van der Waals surface area contributed by atoms with Gasteiger partial charge in [0, 0.05) is 11.9 Å². The molecule has 0 aromatic rings. The topological polar surface area (TPSA) is 99.9 Å². The second-order valence-corrected chi connectivity index (χ2v) is 2.30. The number of allylic oxidation sites excluding steroid dienone is 1. The third-order valence-corrected chi connectivity index (χ3v) is 1.36. The van der Waals surface area contributed by atoms with E-state index in [2.05, 4.69) is 17.2 Å². The van der Waals surface area contributed by atoms with Crippen LogP contribution >= 0.6 is 0 Å². The molecule has 13 heavy (non-hydrogen) atoms. The zero-order chi connectivity index (χ0) is 10.3. The summed E-state index contributed by atoms with van der Waals surface area (Å²) in [6, 6.07) is 0. The molecule has 0 aromatic carbocycles. The molecule has 0 unspecified atom stereocenters. The fraction of sp³-hybridized carbons (Fsp3) is 0.125. The molecule has 0 aliphatic heterocycles. The minimum absolute atomic E-state index is 0.371. The molecule has 0 saturated carbocycles. The number of rotatable bonds is 5. The summed E-state index contributed by atoms with van der Waals surface area (Å²) in [6.07, 6.45) is 3.96. The number of hydrogen-bond donors (Lipinski definition) is 5. The quantitative estimate of drug-likeness (QED) is 0.232. The Bertz CT molecular complexity index is 251. The molecule has 0 rings (SSSR count). The van der Waals surface area contributed by atoms with E-state index in [1.165, 1.54) is 12.4 Å². The van der Waals surface area contributed by atoms with Crippen LogP contribution in [0.1, 0.15) is 6.92 Å². The smallest absolute Gasteiger partial charge is 0.0831 e. The van der Waals surface area contributed by atoms with Crippen LogP contribution in [0.2, 0.25) is 0 Å². The summed E-state index contributed by atoms with van der Waals surface area (Å²) < 4.78 is 0. The fourth-order valence-corrected chi connectivity index (χ4v) is 0.657. The highest BCUT2D eigenvalue weighted by Crippen LogP contribution is 1.99. The van der Waals surface area contributed by atoms with E-state index < -0.39 is 0 Å². The molecular weight excluding hydrogens is 166 g/mol. The first-order valence-electron chi connectivity index (χ1n) is 3.68. The third-order valence-electron chi connectivity index (χ3n) is 1.36. The molecule has 0 bridgehead atoms. The van der Waals surface area contributed by atoms with Gasteiger partial charge in [0.15, 0.2) is 0 Å². The van der Waals surface area contributed by atoms with Gasteiger partial charge in [-0.2, -0.15) is 0 Å². The van der Waals surface area contributed by atoms with Crippen LogP contribution < -0.4 is 22.1 Å². The molecule has 0 aromatic heterocycles. The van der Waals surface area contributed by atoms with Crippen LogP contribution in [0.15, 0.2) is 36.1 Å². The molecule has 72 valence electrons. The molecule has 0 aliphatic carbocycles. The molecule has 0 radical (unpaired) electrons. The summed E-state index contributed by atoms with van der Waals surface area (Å²) in [5, 5.41) is 12.0. The zero-order valence-electron chi connectivity index (χ0n) is 7.59.